The van der Waals surface area contributed by atoms with Crippen LogP contribution in [-0.2, 0) is 0 Å². The van der Waals surface area contributed by atoms with Crippen LogP contribution in [0.5, 0.6) is 0 Å². The third-order valence-electron chi connectivity index (χ3n) is 13.4. The lowest BCUT2D eigenvalue weighted by molar-refractivity contribution is 1.37. The first kappa shape index (κ1) is 37.8. The third kappa shape index (κ3) is 6.18. The van der Waals surface area contributed by atoms with Crippen LogP contribution in [-0.4, -0.2) is 9.97 Å². The first-order valence-corrected chi connectivity index (χ1v) is 22.6. The van der Waals surface area contributed by atoms with Crippen molar-refractivity contribution in [2.45, 2.75) is 0 Å². The topological polar surface area (TPSA) is 25.8 Å². The fraction of sp³-hybridized carbons (Fsp3) is 0. The standard InChI is InChI=1S/C64H40N2/c1-4-16-42(17-5-1)57-38-35-46-32-33-47-36-39-58(66-64(47)63(46)65-57)62-53-26-14-12-24-51(53)60(52-25-13-15-27-54(52)62)45-30-28-41(29-31-45)48-34-37-55-56(40-48)61(44-20-8-3-9-21-44)50-23-11-10-22-49(50)59(55)43-18-6-2-7-19-43/h1-40H. The molecule has 2 nitrogen and oxygen atoms in total. The highest BCUT2D eigenvalue weighted by Crippen LogP contribution is 2.47. The van der Waals surface area contributed by atoms with Crippen LogP contribution < -0.4 is 0 Å². The average molecular weight is 837 g/mol. The van der Waals surface area contributed by atoms with E-state index in [4.69, 9.17) is 9.97 Å². The molecule has 2 aromatic heterocycles. The molecule has 0 atom stereocenters. The first-order valence-electron chi connectivity index (χ1n) is 22.6. The molecule has 0 aliphatic heterocycles. The average Bonchev–Trinajstić information content (AvgIpc) is 3.39. The Morgan fingerprint density at radius 1 is 0.197 bits per heavy atom. The molecule has 0 aliphatic carbocycles. The summed E-state index contributed by atoms with van der Waals surface area (Å²) in [7, 11) is 0. The van der Waals surface area contributed by atoms with Crippen LogP contribution in [0.1, 0.15) is 0 Å². The molecular weight excluding hydrogens is 797 g/mol. The number of rotatable bonds is 6. The molecule has 13 rings (SSSR count). The highest BCUT2D eigenvalue weighted by atomic mass is 14.8. The number of fused-ring (bicyclic) bond motifs is 7. The first-order chi connectivity index (χ1) is 32.7. The number of benzene rings is 11. The number of aromatic nitrogens is 2. The lowest BCUT2D eigenvalue weighted by Gasteiger charge is -2.19. The van der Waals surface area contributed by atoms with E-state index in [0.29, 0.717) is 0 Å². The summed E-state index contributed by atoms with van der Waals surface area (Å²) >= 11 is 0. The minimum atomic E-state index is 0.907. The molecule has 306 valence electrons. The number of pyridine rings is 2. The predicted molar refractivity (Wildman–Crippen MR) is 280 cm³/mol. The van der Waals surface area contributed by atoms with Crippen molar-refractivity contribution in [3.05, 3.63) is 243 Å². The van der Waals surface area contributed by atoms with Crippen LogP contribution >= 0.6 is 0 Å². The van der Waals surface area contributed by atoms with Gasteiger partial charge in [0.1, 0.15) is 0 Å². The van der Waals surface area contributed by atoms with Gasteiger partial charge in [-0.2, -0.15) is 0 Å². The van der Waals surface area contributed by atoms with Gasteiger partial charge in [-0.3, -0.25) is 0 Å². The molecule has 11 aromatic carbocycles. The van der Waals surface area contributed by atoms with Gasteiger partial charge in [0.05, 0.1) is 22.4 Å². The summed E-state index contributed by atoms with van der Waals surface area (Å²) in [5.74, 6) is 0. The quantitative estimate of drug-likeness (QED) is 0.123. The molecule has 0 fully saturated rings. The zero-order valence-electron chi connectivity index (χ0n) is 36.0. The van der Waals surface area contributed by atoms with Crippen LogP contribution in [0.15, 0.2) is 243 Å². The molecule has 0 bridgehead atoms. The van der Waals surface area contributed by atoms with Gasteiger partial charge < -0.3 is 0 Å². The molecule has 0 N–H and O–H groups in total. The summed E-state index contributed by atoms with van der Waals surface area (Å²) in [6, 6.07) is 87.8. The fourth-order valence-electron chi connectivity index (χ4n) is 10.4. The molecule has 2 heterocycles. The van der Waals surface area contributed by atoms with Gasteiger partial charge in [-0.15, -0.1) is 0 Å². The Morgan fingerprint density at radius 2 is 0.530 bits per heavy atom. The normalized spacial score (nSPS) is 11.6. The predicted octanol–water partition coefficient (Wildman–Crippen LogP) is 17.4. The second-order valence-electron chi connectivity index (χ2n) is 17.2. The Morgan fingerprint density at radius 3 is 1.03 bits per heavy atom. The van der Waals surface area contributed by atoms with Gasteiger partial charge in [-0.25, -0.2) is 9.97 Å². The molecule has 0 unspecified atom stereocenters. The fourth-order valence-corrected chi connectivity index (χ4v) is 10.4. The van der Waals surface area contributed by atoms with E-state index in [1.807, 2.05) is 6.07 Å². The maximum Gasteiger partial charge on any atom is 0.0972 e. The zero-order valence-corrected chi connectivity index (χ0v) is 36.0. The van der Waals surface area contributed by atoms with Crippen molar-refractivity contribution in [2.24, 2.45) is 0 Å². The number of nitrogens with zero attached hydrogens (tertiary/aromatic N) is 2. The van der Waals surface area contributed by atoms with E-state index in [-0.39, 0.29) is 0 Å². The Bertz CT molecular complexity index is 3950. The molecule has 0 saturated heterocycles. The van der Waals surface area contributed by atoms with Crippen LogP contribution in [0.3, 0.4) is 0 Å². The van der Waals surface area contributed by atoms with E-state index in [2.05, 4.69) is 237 Å². The molecular formula is C64H40N2. The van der Waals surface area contributed by atoms with Gasteiger partial charge in [0, 0.05) is 21.9 Å². The second-order valence-corrected chi connectivity index (χ2v) is 17.2. The molecule has 66 heavy (non-hydrogen) atoms. The molecule has 0 aliphatic rings. The summed E-state index contributed by atoms with van der Waals surface area (Å²) in [5, 5.41) is 11.9. The van der Waals surface area contributed by atoms with Gasteiger partial charge in [0.15, 0.2) is 0 Å². The van der Waals surface area contributed by atoms with Crippen molar-refractivity contribution in [3.63, 3.8) is 0 Å². The Balaban J connectivity index is 0.965. The maximum atomic E-state index is 5.48. The van der Waals surface area contributed by atoms with Crippen LogP contribution in [0, 0.1) is 0 Å². The Kier molecular flexibility index (Phi) is 8.89. The van der Waals surface area contributed by atoms with Crippen molar-refractivity contribution in [3.8, 4) is 67.0 Å². The van der Waals surface area contributed by atoms with E-state index in [9.17, 15) is 0 Å². The highest BCUT2D eigenvalue weighted by Gasteiger charge is 2.20. The lowest BCUT2D eigenvalue weighted by atomic mass is 9.84. The lowest BCUT2D eigenvalue weighted by Crippen LogP contribution is -1.94. The van der Waals surface area contributed by atoms with Crippen molar-refractivity contribution in [2.75, 3.05) is 0 Å². The van der Waals surface area contributed by atoms with E-state index < -0.39 is 0 Å². The van der Waals surface area contributed by atoms with Crippen molar-refractivity contribution in [1.82, 2.24) is 9.97 Å². The summed E-state index contributed by atoms with van der Waals surface area (Å²) in [6.45, 7) is 0. The SMILES string of the molecule is c1ccc(-c2ccc3ccc4ccc(-c5c6ccccc6c(-c6ccc(-c7ccc8c(-c9ccccc9)c9ccccc9c(-c9ccccc9)c8c7)cc6)c6ccccc56)nc4c3n2)cc1. The largest absolute Gasteiger partial charge is 0.245 e. The molecule has 0 saturated carbocycles. The van der Waals surface area contributed by atoms with E-state index >= 15 is 0 Å². The zero-order chi connectivity index (χ0) is 43.6. The molecule has 0 radical (unpaired) electrons. The highest BCUT2D eigenvalue weighted by molar-refractivity contribution is 6.23. The molecule has 13 aromatic rings. The monoisotopic (exact) mass is 836 g/mol. The molecule has 0 amide bonds. The summed E-state index contributed by atoms with van der Waals surface area (Å²) in [5.41, 5.74) is 15.7. The van der Waals surface area contributed by atoms with E-state index in [1.165, 1.54) is 87.6 Å². The number of hydrogen-bond donors (Lipinski definition) is 0. The van der Waals surface area contributed by atoms with Crippen molar-refractivity contribution < 1.29 is 0 Å². The van der Waals surface area contributed by atoms with Crippen molar-refractivity contribution >= 4 is 64.9 Å². The summed E-state index contributed by atoms with van der Waals surface area (Å²) < 4.78 is 0. The number of hydrogen-bond acceptors (Lipinski definition) is 2. The smallest absolute Gasteiger partial charge is 0.0972 e. The van der Waals surface area contributed by atoms with Gasteiger partial charge in [-0.1, -0.05) is 224 Å². The van der Waals surface area contributed by atoms with Gasteiger partial charge in [0.2, 0.25) is 0 Å². The van der Waals surface area contributed by atoms with E-state index in [1.54, 1.807) is 0 Å². The van der Waals surface area contributed by atoms with Crippen LogP contribution in [0.2, 0.25) is 0 Å². The summed E-state index contributed by atoms with van der Waals surface area (Å²) in [4.78, 5) is 10.7. The van der Waals surface area contributed by atoms with Gasteiger partial charge in [-0.05, 0) is 106 Å². The minimum absolute atomic E-state index is 0.907. The second kappa shape index (κ2) is 15.5. The van der Waals surface area contributed by atoms with Gasteiger partial charge >= 0.3 is 0 Å². The van der Waals surface area contributed by atoms with Crippen molar-refractivity contribution in [1.29, 1.82) is 0 Å². The Labute approximate surface area is 382 Å². The Hall–Kier alpha value is -8.72. The van der Waals surface area contributed by atoms with Gasteiger partial charge in [0.25, 0.3) is 0 Å². The third-order valence-corrected chi connectivity index (χ3v) is 13.4. The summed E-state index contributed by atoms with van der Waals surface area (Å²) in [6.07, 6.45) is 0. The van der Waals surface area contributed by atoms with Crippen LogP contribution in [0.25, 0.3) is 132 Å². The van der Waals surface area contributed by atoms with Crippen LogP contribution in [0.4, 0.5) is 0 Å². The minimum Gasteiger partial charge on any atom is -0.245 e. The van der Waals surface area contributed by atoms with E-state index in [0.717, 1.165) is 44.3 Å². The molecule has 2 heteroatoms. The maximum absolute atomic E-state index is 5.48. The molecule has 0 spiro atoms.